The second-order valence-electron chi connectivity index (χ2n) is 6.47. The zero-order valence-corrected chi connectivity index (χ0v) is 18.0. The van der Waals surface area contributed by atoms with Crippen molar-refractivity contribution in [3.8, 4) is 0 Å². The van der Waals surface area contributed by atoms with Crippen LogP contribution in [0.1, 0.15) is 45.4 Å². The van der Waals surface area contributed by atoms with Gasteiger partial charge in [-0.25, -0.2) is 0 Å². The third-order valence-electron chi connectivity index (χ3n) is 4.10. The van der Waals surface area contributed by atoms with Crippen molar-refractivity contribution in [1.29, 1.82) is 0 Å². The fourth-order valence-corrected chi connectivity index (χ4v) is 3.60. The Morgan fingerprint density at radius 3 is 1.86 bits per heavy atom. The van der Waals surface area contributed by atoms with Gasteiger partial charge in [0, 0.05) is 19.6 Å². The van der Waals surface area contributed by atoms with Gasteiger partial charge in [0.25, 0.3) is 0 Å². The lowest BCUT2D eigenvalue weighted by Gasteiger charge is -2.17. The summed E-state index contributed by atoms with van der Waals surface area (Å²) in [5, 5.41) is 25.8. The summed E-state index contributed by atoms with van der Waals surface area (Å²) in [5.41, 5.74) is 0. The number of rotatable bonds is 15. The van der Waals surface area contributed by atoms with E-state index < -0.39 is 7.60 Å². The van der Waals surface area contributed by atoms with Gasteiger partial charge in [0.15, 0.2) is 0 Å². The molecule has 1 aromatic rings. The van der Waals surface area contributed by atoms with Gasteiger partial charge in [-0.15, -0.1) is 0 Å². The molecule has 0 aliphatic heterocycles. The van der Waals surface area contributed by atoms with E-state index in [-0.39, 0.29) is 19.8 Å². The Morgan fingerprint density at radius 2 is 1.36 bits per heavy atom. The molecular formula is C20H38NO6P. The largest absolute Gasteiger partial charge is 0.395 e. The first-order valence-electron chi connectivity index (χ1n) is 10.1. The van der Waals surface area contributed by atoms with E-state index in [1.807, 2.05) is 6.07 Å². The first-order chi connectivity index (χ1) is 13.5. The van der Waals surface area contributed by atoms with Crippen LogP contribution in [0.3, 0.4) is 0 Å². The highest BCUT2D eigenvalue weighted by atomic mass is 31.2. The van der Waals surface area contributed by atoms with Crippen LogP contribution in [0.5, 0.6) is 0 Å². The summed E-state index contributed by atoms with van der Waals surface area (Å²) in [6.07, 6.45) is 6.83. The van der Waals surface area contributed by atoms with Crippen LogP contribution < -0.4 is 5.30 Å². The van der Waals surface area contributed by atoms with Crippen molar-refractivity contribution in [2.45, 2.75) is 45.4 Å². The predicted molar refractivity (Wildman–Crippen MR) is 113 cm³/mol. The van der Waals surface area contributed by atoms with Crippen LogP contribution in [0, 0.1) is 0 Å². The maximum atomic E-state index is 11.9. The molecule has 0 amide bonds. The number of hydrogen-bond acceptors (Lipinski definition) is 6. The maximum Gasteiger partial charge on any atom is 0.358 e. The average molecular weight is 419 g/mol. The van der Waals surface area contributed by atoms with Gasteiger partial charge in [-0.2, -0.15) is 0 Å². The maximum absolute atomic E-state index is 11.9. The second kappa shape index (κ2) is 18.3. The van der Waals surface area contributed by atoms with Gasteiger partial charge in [0.1, 0.15) is 0 Å². The highest BCUT2D eigenvalue weighted by Crippen LogP contribution is 2.40. The number of hydrogen-bond donors (Lipinski definition) is 4. The van der Waals surface area contributed by atoms with Gasteiger partial charge in [-0.05, 0) is 18.6 Å². The summed E-state index contributed by atoms with van der Waals surface area (Å²) in [6, 6.07) is 8.56. The van der Waals surface area contributed by atoms with Crippen LogP contribution in [0.2, 0.25) is 0 Å². The fourth-order valence-electron chi connectivity index (χ4n) is 2.52. The van der Waals surface area contributed by atoms with E-state index in [4.69, 9.17) is 19.8 Å². The van der Waals surface area contributed by atoms with E-state index in [0.717, 1.165) is 12.8 Å². The van der Waals surface area contributed by atoms with Crippen molar-refractivity contribution >= 4 is 12.9 Å². The first kappa shape index (κ1) is 27.2. The van der Waals surface area contributed by atoms with E-state index >= 15 is 0 Å². The van der Waals surface area contributed by atoms with Crippen molar-refractivity contribution in [3.05, 3.63) is 30.3 Å². The predicted octanol–water partition coefficient (Wildman–Crippen LogP) is 2.14. The van der Waals surface area contributed by atoms with Crippen LogP contribution in [0.15, 0.2) is 30.3 Å². The van der Waals surface area contributed by atoms with Crippen LogP contribution >= 0.6 is 7.60 Å². The van der Waals surface area contributed by atoms with Crippen LogP contribution in [0.25, 0.3) is 0 Å². The van der Waals surface area contributed by atoms with Crippen molar-refractivity contribution < 1.29 is 29.3 Å². The molecule has 28 heavy (non-hydrogen) atoms. The summed E-state index contributed by atoms with van der Waals surface area (Å²) in [5.74, 6) is 0. The van der Waals surface area contributed by atoms with Crippen molar-refractivity contribution in [2.75, 3.05) is 46.1 Å². The monoisotopic (exact) mass is 419 g/mol. The lowest BCUT2D eigenvalue weighted by molar-refractivity contribution is 0.136. The minimum Gasteiger partial charge on any atom is -0.395 e. The van der Waals surface area contributed by atoms with Crippen molar-refractivity contribution in [2.24, 2.45) is 0 Å². The molecule has 7 nitrogen and oxygen atoms in total. The van der Waals surface area contributed by atoms with Gasteiger partial charge >= 0.3 is 7.60 Å². The molecule has 8 heteroatoms. The van der Waals surface area contributed by atoms with Crippen molar-refractivity contribution in [1.82, 2.24) is 4.90 Å². The normalized spacial score (nSPS) is 13.1. The van der Waals surface area contributed by atoms with Gasteiger partial charge in [-0.3, -0.25) is 9.46 Å². The van der Waals surface area contributed by atoms with E-state index in [9.17, 15) is 9.46 Å². The minimum absolute atomic E-state index is 0.0694. The Morgan fingerprint density at radius 1 is 0.857 bits per heavy atom. The molecule has 0 bridgehead atoms. The molecule has 0 fully saturated rings. The quantitative estimate of drug-likeness (QED) is 0.255. The topological polar surface area (TPSA) is 110 Å². The molecule has 0 heterocycles. The van der Waals surface area contributed by atoms with E-state index in [0.29, 0.717) is 31.5 Å². The fraction of sp³-hybridized carbons (Fsp3) is 0.700. The summed E-state index contributed by atoms with van der Waals surface area (Å²) in [7, 11) is -3.61. The third kappa shape index (κ3) is 14.2. The molecule has 0 spiro atoms. The molecule has 0 saturated heterocycles. The summed E-state index contributed by atoms with van der Waals surface area (Å²) < 4.78 is 17.0. The zero-order valence-electron chi connectivity index (χ0n) is 17.1. The Kier molecular flexibility index (Phi) is 17.7. The van der Waals surface area contributed by atoms with Gasteiger partial charge in [0.05, 0.1) is 31.7 Å². The molecule has 1 unspecified atom stereocenters. The SMILES string of the molecule is CCCCCCCCOP(=O)(O)c1ccccc1.OCCN(CCO)CCO. The standard InChI is InChI=1S/C14H23O3P.C6H15NO3/c1-2-3-4-5-6-10-13-17-18(15,16)14-11-8-7-9-12-14;8-4-1-7(2-5-9)3-6-10/h7-9,11-12H,2-6,10,13H2,1H3,(H,15,16);8-10H,1-6H2. The smallest absolute Gasteiger partial charge is 0.358 e. The van der Waals surface area contributed by atoms with Crippen molar-refractivity contribution in [3.63, 3.8) is 0 Å². The Balaban J connectivity index is 0.000000621. The molecule has 1 aromatic carbocycles. The Labute approximate surface area is 169 Å². The highest BCUT2D eigenvalue weighted by Gasteiger charge is 2.21. The molecule has 164 valence electrons. The minimum atomic E-state index is -3.61. The molecule has 0 aromatic heterocycles. The molecule has 0 aliphatic rings. The lowest BCUT2D eigenvalue weighted by Crippen LogP contribution is -2.32. The first-order valence-corrected chi connectivity index (χ1v) is 11.7. The van der Waals surface area contributed by atoms with Gasteiger partial charge in [0.2, 0.25) is 0 Å². The van der Waals surface area contributed by atoms with E-state index in [1.165, 1.54) is 25.7 Å². The average Bonchev–Trinajstić information content (AvgIpc) is 2.69. The zero-order chi connectivity index (χ0) is 21.1. The van der Waals surface area contributed by atoms with Gasteiger partial charge < -0.3 is 24.7 Å². The summed E-state index contributed by atoms with van der Waals surface area (Å²) >= 11 is 0. The van der Waals surface area contributed by atoms with Crippen LogP contribution in [-0.2, 0) is 9.09 Å². The number of aliphatic hydroxyl groups excluding tert-OH is 3. The molecule has 1 rings (SSSR count). The van der Waals surface area contributed by atoms with E-state index in [1.54, 1.807) is 29.2 Å². The molecule has 0 aliphatic carbocycles. The number of aliphatic hydroxyl groups is 3. The summed E-state index contributed by atoms with van der Waals surface area (Å²) in [6.45, 7) is 4.29. The Bertz CT molecular complexity index is 488. The summed E-state index contributed by atoms with van der Waals surface area (Å²) in [4.78, 5) is 11.6. The molecular weight excluding hydrogens is 381 g/mol. The third-order valence-corrected chi connectivity index (χ3v) is 5.58. The number of benzene rings is 1. The highest BCUT2D eigenvalue weighted by molar-refractivity contribution is 7.61. The number of nitrogens with zero attached hydrogens (tertiary/aromatic N) is 1. The Hall–Kier alpha value is -0.790. The molecule has 1 atom stereocenters. The molecule has 0 radical (unpaired) electrons. The second-order valence-corrected chi connectivity index (χ2v) is 8.28. The van der Waals surface area contributed by atoms with Crippen LogP contribution in [-0.4, -0.2) is 71.2 Å². The molecule has 0 saturated carbocycles. The van der Waals surface area contributed by atoms with E-state index in [2.05, 4.69) is 6.92 Å². The molecule has 4 N–H and O–H groups in total. The van der Waals surface area contributed by atoms with Crippen LogP contribution in [0.4, 0.5) is 0 Å². The van der Waals surface area contributed by atoms with Gasteiger partial charge in [-0.1, -0.05) is 57.2 Å². The number of unbranched alkanes of at least 4 members (excludes halogenated alkanes) is 5. The lowest BCUT2D eigenvalue weighted by atomic mass is 10.1.